The Labute approximate surface area is 123 Å². The van der Waals surface area contributed by atoms with Gasteiger partial charge < -0.3 is 0 Å². The van der Waals surface area contributed by atoms with Crippen molar-refractivity contribution < 1.29 is 0 Å². The van der Waals surface area contributed by atoms with Crippen molar-refractivity contribution in [3.63, 3.8) is 0 Å². The lowest BCUT2D eigenvalue weighted by Gasteiger charge is -2.20. The van der Waals surface area contributed by atoms with Crippen molar-refractivity contribution in [2.24, 2.45) is 0 Å². The lowest BCUT2D eigenvalue weighted by atomic mass is 9.84. The van der Waals surface area contributed by atoms with Gasteiger partial charge >= 0.3 is 0 Å². The van der Waals surface area contributed by atoms with Crippen LogP contribution in [0.5, 0.6) is 0 Å². The first-order valence-electron chi connectivity index (χ1n) is 7.65. The molecule has 1 aromatic carbocycles. The van der Waals surface area contributed by atoms with E-state index in [-0.39, 0.29) is 5.92 Å². The van der Waals surface area contributed by atoms with Crippen LogP contribution in [0.4, 0.5) is 0 Å². The molecule has 2 rings (SSSR count). The second kappa shape index (κ2) is 7.15. The Morgan fingerprint density at radius 3 is 2.45 bits per heavy atom. The SMILES string of the molecule is C#CC(C1=CC=C(CCCC)CC1)c1ccc(C)cc1. The molecule has 20 heavy (non-hydrogen) atoms. The number of hydrogen-bond donors (Lipinski definition) is 0. The van der Waals surface area contributed by atoms with Crippen LogP contribution in [0.1, 0.15) is 56.1 Å². The highest BCUT2D eigenvalue weighted by molar-refractivity contribution is 5.41. The van der Waals surface area contributed by atoms with Crippen molar-refractivity contribution in [2.45, 2.75) is 51.9 Å². The fourth-order valence-corrected chi connectivity index (χ4v) is 2.73. The molecular formula is C20H24. The van der Waals surface area contributed by atoms with Crippen LogP contribution in [0.2, 0.25) is 0 Å². The van der Waals surface area contributed by atoms with E-state index in [1.807, 2.05) is 0 Å². The Morgan fingerprint density at radius 2 is 1.90 bits per heavy atom. The summed E-state index contributed by atoms with van der Waals surface area (Å²) < 4.78 is 0. The van der Waals surface area contributed by atoms with Gasteiger partial charge in [-0.1, -0.05) is 72.4 Å². The highest BCUT2D eigenvalue weighted by Crippen LogP contribution is 2.32. The van der Waals surface area contributed by atoms with E-state index in [0.29, 0.717) is 0 Å². The van der Waals surface area contributed by atoms with Crippen molar-refractivity contribution in [3.8, 4) is 12.3 Å². The standard InChI is InChI=1S/C20H24/c1-4-6-7-17-10-14-19(15-11-17)20(5-2)18-12-8-16(3)9-13-18/h2,8-10,12-14,20H,4,6-7,11,15H2,1,3H3. The van der Waals surface area contributed by atoms with Crippen molar-refractivity contribution in [1.82, 2.24) is 0 Å². The molecule has 1 aliphatic carbocycles. The smallest absolute Gasteiger partial charge is 0.0662 e. The van der Waals surface area contributed by atoms with E-state index >= 15 is 0 Å². The molecule has 1 unspecified atom stereocenters. The van der Waals surface area contributed by atoms with E-state index in [1.165, 1.54) is 42.4 Å². The molecule has 0 saturated heterocycles. The Hall–Kier alpha value is -1.74. The number of unbranched alkanes of at least 4 members (excludes halogenated alkanes) is 1. The zero-order valence-corrected chi connectivity index (χ0v) is 12.7. The average Bonchev–Trinajstić information content (AvgIpc) is 2.49. The van der Waals surface area contributed by atoms with Crippen LogP contribution in [-0.4, -0.2) is 0 Å². The molecule has 0 nitrogen and oxygen atoms in total. The lowest BCUT2D eigenvalue weighted by Crippen LogP contribution is -2.04. The van der Waals surface area contributed by atoms with Gasteiger partial charge in [0.1, 0.15) is 0 Å². The number of rotatable bonds is 5. The van der Waals surface area contributed by atoms with Crippen LogP contribution < -0.4 is 0 Å². The minimum atomic E-state index is 0.138. The summed E-state index contributed by atoms with van der Waals surface area (Å²) in [6, 6.07) is 8.62. The van der Waals surface area contributed by atoms with Crippen LogP contribution in [-0.2, 0) is 0 Å². The van der Waals surface area contributed by atoms with Crippen LogP contribution in [0, 0.1) is 19.3 Å². The molecule has 1 atom stereocenters. The molecule has 0 amide bonds. The lowest BCUT2D eigenvalue weighted by molar-refractivity contribution is 0.730. The fourth-order valence-electron chi connectivity index (χ4n) is 2.73. The average molecular weight is 264 g/mol. The summed E-state index contributed by atoms with van der Waals surface area (Å²) in [6.45, 7) is 4.35. The Bertz CT molecular complexity index is 534. The number of allylic oxidation sites excluding steroid dienone is 4. The van der Waals surface area contributed by atoms with Crippen LogP contribution >= 0.6 is 0 Å². The molecule has 0 fully saturated rings. The van der Waals surface area contributed by atoms with Gasteiger partial charge in [0.25, 0.3) is 0 Å². The predicted octanol–water partition coefficient (Wildman–Crippen LogP) is 5.55. The van der Waals surface area contributed by atoms with Crippen LogP contribution in [0.15, 0.2) is 47.6 Å². The summed E-state index contributed by atoms with van der Waals surface area (Å²) >= 11 is 0. The third-order valence-corrected chi connectivity index (χ3v) is 4.07. The molecule has 0 spiro atoms. The molecule has 0 saturated carbocycles. The van der Waals surface area contributed by atoms with E-state index in [1.54, 1.807) is 5.57 Å². The number of terminal acetylenes is 1. The summed E-state index contributed by atoms with van der Waals surface area (Å²) in [7, 11) is 0. The van der Waals surface area contributed by atoms with E-state index < -0.39 is 0 Å². The zero-order valence-electron chi connectivity index (χ0n) is 12.7. The summed E-state index contributed by atoms with van der Waals surface area (Å²) in [6.07, 6.45) is 16.4. The van der Waals surface area contributed by atoms with Gasteiger partial charge in [-0.2, -0.15) is 0 Å². The maximum absolute atomic E-state index is 5.78. The van der Waals surface area contributed by atoms with Gasteiger partial charge in [0.2, 0.25) is 0 Å². The first-order valence-corrected chi connectivity index (χ1v) is 7.65. The Kier molecular flexibility index (Phi) is 5.24. The normalized spacial score (nSPS) is 16.1. The highest BCUT2D eigenvalue weighted by atomic mass is 14.2. The topological polar surface area (TPSA) is 0 Å². The van der Waals surface area contributed by atoms with Gasteiger partial charge in [-0.3, -0.25) is 0 Å². The molecular weight excluding hydrogens is 240 g/mol. The van der Waals surface area contributed by atoms with Crippen molar-refractivity contribution >= 4 is 0 Å². The Balaban J connectivity index is 2.13. The van der Waals surface area contributed by atoms with Crippen LogP contribution in [0.3, 0.4) is 0 Å². The van der Waals surface area contributed by atoms with Crippen molar-refractivity contribution in [1.29, 1.82) is 0 Å². The third kappa shape index (κ3) is 3.64. The Morgan fingerprint density at radius 1 is 1.15 bits per heavy atom. The van der Waals surface area contributed by atoms with E-state index in [9.17, 15) is 0 Å². The molecule has 1 aliphatic rings. The van der Waals surface area contributed by atoms with Crippen LogP contribution in [0.25, 0.3) is 0 Å². The number of hydrogen-bond acceptors (Lipinski definition) is 0. The highest BCUT2D eigenvalue weighted by Gasteiger charge is 2.16. The summed E-state index contributed by atoms with van der Waals surface area (Å²) in [5.74, 6) is 3.11. The number of benzene rings is 1. The summed E-state index contributed by atoms with van der Waals surface area (Å²) in [5.41, 5.74) is 5.49. The second-order valence-electron chi connectivity index (χ2n) is 5.68. The molecule has 0 aliphatic heterocycles. The molecule has 1 aromatic rings. The monoisotopic (exact) mass is 264 g/mol. The van der Waals surface area contributed by atoms with Crippen molar-refractivity contribution in [2.75, 3.05) is 0 Å². The fraction of sp³-hybridized carbons (Fsp3) is 0.400. The summed E-state index contributed by atoms with van der Waals surface area (Å²) in [5, 5.41) is 0. The van der Waals surface area contributed by atoms with Crippen molar-refractivity contribution in [3.05, 3.63) is 58.7 Å². The first-order chi connectivity index (χ1) is 9.74. The van der Waals surface area contributed by atoms with Gasteiger partial charge in [0, 0.05) is 0 Å². The molecule has 0 radical (unpaired) electrons. The zero-order chi connectivity index (χ0) is 14.4. The molecule has 0 N–H and O–H groups in total. The predicted molar refractivity (Wildman–Crippen MR) is 87.7 cm³/mol. The maximum Gasteiger partial charge on any atom is 0.0662 e. The third-order valence-electron chi connectivity index (χ3n) is 4.07. The van der Waals surface area contributed by atoms with Gasteiger partial charge in [-0.15, -0.1) is 6.42 Å². The molecule has 104 valence electrons. The second-order valence-corrected chi connectivity index (χ2v) is 5.68. The van der Waals surface area contributed by atoms with Gasteiger partial charge in [-0.25, -0.2) is 0 Å². The van der Waals surface area contributed by atoms with Gasteiger partial charge in [0.15, 0.2) is 0 Å². The van der Waals surface area contributed by atoms with E-state index in [0.717, 1.165) is 6.42 Å². The van der Waals surface area contributed by atoms with Gasteiger partial charge in [0.05, 0.1) is 5.92 Å². The first kappa shape index (κ1) is 14.7. The number of aryl methyl sites for hydroxylation is 1. The molecule has 0 bridgehead atoms. The quantitative estimate of drug-likeness (QED) is 0.612. The minimum absolute atomic E-state index is 0.138. The molecule has 0 heterocycles. The largest absolute Gasteiger partial charge is 0.119 e. The van der Waals surface area contributed by atoms with E-state index in [2.05, 4.69) is 56.2 Å². The molecule has 0 heteroatoms. The van der Waals surface area contributed by atoms with E-state index in [4.69, 9.17) is 6.42 Å². The minimum Gasteiger partial charge on any atom is -0.119 e. The maximum atomic E-state index is 5.78. The van der Waals surface area contributed by atoms with Gasteiger partial charge in [-0.05, 0) is 38.2 Å². The molecule has 0 aromatic heterocycles. The summed E-state index contributed by atoms with van der Waals surface area (Å²) in [4.78, 5) is 0.